The summed E-state index contributed by atoms with van der Waals surface area (Å²) >= 11 is 3.31. The minimum absolute atomic E-state index is 0.451. The molecular formula is C9H12BrNO2S. The highest BCUT2D eigenvalue weighted by atomic mass is 79.9. The van der Waals surface area contributed by atoms with Gasteiger partial charge < -0.3 is 0 Å². The first-order valence-corrected chi connectivity index (χ1v) is 6.56. The molecule has 0 aliphatic rings. The number of rotatable bonds is 3. The van der Waals surface area contributed by atoms with Gasteiger partial charge in [-0.3, -0.25) is 0 Å². The summed E-state index contributed by atoms with van der Waals surface area (Å²) in [6.07, 6.45) is 0.451. The van der Waals surface area contributed by atoms with Crippen molar-refractivity contribution in [3.05, 3.63) is 34.3 Å². The summed E-state index contributed by atoms with van der Waals surface area (Å²) in [7, 11) is -3.42. The fourth-order valence-electron chi connectivity index (χ4n) is 1.07. The highest BCUT2D eigenvalue weighted by Crippen LogP contribution is 2.13. The van der Waals surface area contributed by atoms with Gasteiger partial charge in [0.25, 0.3) is 0 Å². The van der Waals surface area contributed by atoms with E-state index in [9.17, 15) is 8.42 Å². The van der Waals surface area contributed by atoms with Gasteiger partial charge in [0.15, 0.2) is 0 Å². The molecule has 5 heteroatoms. The molecule has 0 bridgehead atoms. The van der Waals surface area contributed by atoms with E-state index in [0.29, 0.717) is 6.42 Å². The van der Waals surface area contributed by atoms with Crippen LogP contribution in [0.4, 0.5) is 0 Å². The zero-order chi connectivity index (χ0) is 10.8. The summed E-state index contributed by atoms with van der Waals surface area (Å²) < 4.78 is 22.9. The van der Waals surface area contributed by atoms with Crippen LogP contribution in [0, 0.1) is 0 Å². The lowest BCUT2D eigenvalue weighted by atomic mass is 10.1. The number of hydrogen-bond donors (Lipinski definition) is 1. The van der Waals surface area contributed by atoms with Gasteiger partial charge in [-0.25, -0.2) is 13.6 Å². The number of nitrogens with two attached hydrogens (primary N) is 1. The molecule has 0 aliphatic heterocycles. The summed E-state index contributed by atoms with van der Waals surface area (Å²) in [5.41, 5.74) is 0.967. The van der Waals surface area contributed by atoms with Gasteiger partial charge >= 0.3 is 0 Å². The Morgan fingerprint density at radius 3 is 2.29 bits per heavy atom. The Bertz CT molecular complexity index is 399. The Morgan fingerprint density at radius 2 is 1.86 bits per heavy atom. The molecule has 1 aromatic rings. The molecule has 0 aromatic heterocycles. The molecule has 0 radical (unpaired) electrons. The molecule has 78 valence electrons. The van der Waals surface area contributed by atoms with Gasteiger partial charge in [0.05, 0.1) is 5.25 Å². The molecule has 0 spiro atoms. The van der Waals surface area contributed by atoms with E-state index in [0.717, 1.165) is 10.0 Å². The topological polar surface area (TPSA) is 60.2 Å². The van der Waals surface area contributed by atoms with Crippen LogP contribution in [0.15, 0.2) is 28.7 Å². The third kappa shape index (κ3) is 3.40. The zero-order valence-electron chi connectivity index (χ0n) is 7.77. The van der Waals surface area contributed by atoms with E-state index in [-0.39, 0.29) is 0 Å². The number of benzene rings is 1. The highest BCUT2D eigenvalue weighted by molar-refractivity contribution is 9.10. The first kappa shape index (κ1) is 11.7. The minimum Gasteiger partial charge on any atom is -0.228 e. The Balaban J connectivity index is 2.75. The van der Waals surface area contributed by atoms with Crippen molar-refractivity contribution in [2.75, 3.05) is 0 Å². The van der Waals surface area contributed by atoms with Crippen LogP contribution in [0.3, 0.4) is 0 Å². The normalized spacial score (nSPS) is 13.9. The van der Waals surface area contributed by atoms with E-state index in [2.05, 4.69) is 15.9 Å². The average Bonchev–Trinajstić information content (AvgIpc) is 2.07. The number of halogens is 1. The summed E-state index contributed by atoms with van der Waals surface area (Å²) in [6.45, 7) is 1.61. The van der Waals surface area contributed by atoms with Crippen LogP contribution >= 0.6 is 15.9 Å². The van der Waals surface area contributed by atoms with Crippen LogP contribution in [-0.2, 0) is 16.4 Å². The van der Waals surface area contributed by atoms with Gasteiger partial charge in [0, 0.05) is 4.47 Å². The smallest absolute Gasteiger partial charge is 0.212 e. The van der Waals surface area contributed by atoms with Crippen LogP contribution in [-0.4, -0.2) is 13.7 Å². The lowest BCUT2D eigenvalue weighted by Crippen LogP contribution is -2.27. The third-order valence-corrected chi connectivity index (χ3v) is 3.81. The fourth-order valence-corrected chi connectivity index (χ4v) is 1.76. The zero-order valence-corrected chi connectivity index (χ0v) is 10.2. The maximum absolute atomic E-state index is 11.0. The summed E-state index contributed by atoms with van der Waals surface area (Å²) in [5.74, 6) is 0. The van der Waals surface area contributed by atoms with Crippen LogP contribution in [0.25, 0.3) is 0 Å². The van der Waals surface area contributed by atoms with E-state index < -0.39 is 15.3 Å². The van der Waals surface area contributed by atoms with Gasteiger partial charge in [-0.1, -0.05) is 28.1 Å². The van der Waals surface area contributed by atoms with E-state index >= 15 is 0 Å². The van der Waals surface area contributed by atoms with Crippen molar-refractivity contribution < 1.29 is 8.42 Å². The Labute approximate surface area is 92.5 Å². The van der Waals surface area contributed by atoms with Crippen LogP contribution in [0.5, 0.6) is 0 Å². The predicted octanol–water partition coefficient (Wildman–Crippen LogP) is 1.67. The predicted molar refractivity (Wildman–Crippen MR) is 60.4 cm³/mol. The largest absolute Gasteiger partial charge is 0.228 e. The van der Waals surface area contributed by atoms with Crippen molar-refractivity contribution >= 4 is 26.0 Å². The minimum atomic E-state index is -3.42. The van der Waals surface area contributed by atoms with Crippen LogP contribution in [0.2, 0.25) is 0 Å². The average molecular weight is 278 g/mol. The standard InChI is InChI=1S/C9H12BrNO2S/c1-7(14(11,12)13)6-8-2-4-9(10)5-3-8/h2-5,7H,6H2,1H3,(H2,11,12,13). The van der Waals surface area contributed by atoms with Crippen molar-refractivity contribution in [2.24, 2.45) is 5.14 Å². The molecule has 2 N–H and O–H groups in total. The highest BCUT2D eigenvalue weighted by Gasteiger charge is 2.15. The van der Waals surface area contributed by atoms with Crippen LogP contribution < -0.4 is 5.14 Å². The Hall–Kier alpha value is -0.390. The molecular weight excluding hydrogens is 266 g/mol. The van der Waals surface area contributed by atoms with Crippen LogP contribution in [0.1, 0.15) is 12.5 Å². The van der Waals surface area contributed by atoms with Gasteiger partial charge in [0.1, 0.15) is 0 Å². The molecule has 0 heterocycles. The Morgan fingerprint density at radius 1 is 1.36 bits per heavy atom. The van der Waals surface area contributed by atoms with Crippen molar-refractivity contribution in [1.29, 1.82) is 0 Å². The van der Waals surface area contributed by atoms with Gasteiger partial charge in [0.2, 0.25) is 10.0 Å². The molecule has 0 aliphatic carbocycles. The van der Waals surface area contributed by atoms with Gasteiger partial charge in [-0.15, -0.1) is 0 Å². The second-order valence-electron chi connectivity index (χ2n) is 3.23. The summed E-state index contributed by atoms with van der Waals surface area (Å²) in [6, 6.07) is 7.52. The van der Waals surface area contributed by atoms with Crippen molar-refractivity contribution in [1.82, 2.24) is 0 Å². The molecule has 0 saturated carbocycles. The van der Waals surface area contributed by atoms with E-state index in [1.165, 1.54) is 0 Å². The molecule has 3 nitrogen and oxygen atoms in total. The van der Waals surface area contributed by atoms with Crippen molar-refractivity contribution in [2.45, 2.75) is 18.6 Å². The maximum atomic E-state index is 11.0. The SMILES string of the molecule is CC(Cc1ccc(Br)cc1)S(N)(=O)=O. The fraction of sp³-hybridized carbons (Fsp3) is 0.333. The monoisotopic (exact) mass is 277 g/mol. The lowest BCUT2D eigenvalue weighted by molar-refractivity contribution is 0.584. The van der Waals surface area contributed by atoms with Crippen molar-refractivity contribution in [3.8, 4) is 0 Å². The van der Waals surface area contributed by atoms with Gasteiger partial charge in [-0.2, -0.15) is 0 Å². The summed E-state index contributed by atoms with van der Waals surface area (Å²) in [5, 5.41) is 4.48. The molecule has 1 aromatic carbocycles. The first-order chi connectivity index (χ1) is 6.39. The van der Waals surface area contributed by atoms with E-state index in [1.807, 2.05) is 24.3 Å². The maximum Gasteiger partial charge on any atom is 0.212 e. The molecule has 0 fully saturated rings. The molecule has 1 rings (SSSR count). The second-order valence-corrected chi connectivity index (χ2v) is 6.13. The number of primary sulfonamides is 1. The molecule has 14 heavy (non-hydrogen) atoms. The van der Waals surface area contributed by atoms with E-state index in [4.69, 9.17) is 5.14 Å². The molecule has 1 unspecified atom stereocenters. The van der Waals surface area contributed by atoms with Gasteiger partial charge in [-0.05, 0) is 31.0 Å². The quantitative estimate of drug-likeness (QED) is 0.914. The first-order valence-electron chi connectivity index (χ1n) is 4.15. The molecule has 1 atom stereocenters. The third-order valence-electron chi connectivity index (χ3n) is 2.00. The molecule has 0 saturated heterocycles. The number of hydrogen-bond acceptors (Lipinski definition) is 2. The summed E-state index contributed by atoms with van der Waals surface area (Å²) in [4.78, 5) is 0. The lowest BCUT2D eigenvalue weighted by Gasteiger charge is -2.08. The Kier molecular flexibility index (Phi) is 3.69. The number of sulfonamides is 1. The molecule has 0 amide bonds. The second kappa shape index (κ2) is 4.42. The van der Waals surface area contributed by atoms with Crippen molar-refractivity contribution in [3.63, 3.8) is 0 Å². The van der Waals surface area contributed by atoms with E-state index in [1.54, 1.807) is 6.92 Å².